The number of ether oxygens (including phenoxy) is 2. The van der Waals surface area contributed by atoms with Gasteiger partial charge in [0.15, 0.2) is 11.5 Å². The van der Waals surface area contributed by atoms with Gasteiger partial charge < -0.3 is 14.8 Å². The number of carbonyl (C=O) groups is 1. The first-order chi connectivity index (χ1) is 13.1. The zero-order valence-corrected chi connectivity index (χ0v) is 14.8. The molecule has 3 aromatic rings. The van der Waals surface area contributed by atoms with Gasteiger partial charge in [-0.05, 0) is 36.8 Å². The number of benzene rings is 2. The molecule has 1 N–H and O–H groups in total. The standard InChI is InChI=1S/C20H19N3O4/c1-13(14-6-7-17-18(10-14)27-9-8-26-17)22-19(24)11-23-12-21-16-5-3-2-4-15(16)20(23)25/h2-7,10,12-13H,8-9,11H2,1H3,(H,22,24). The van der Waals surface area contributed by atoms with E-state index >= 15 is 0 Å². The van der Waals surface area contributed by atoms with Crippen molar-refractivity contribution in [3.63, 3.8) is 0 Å². The van der Waals surface area contributed by atoms with Crippen LogP contribution in [0.1, 0.15) is 18.5 Å². The summed E-state index contributed by atoms with van der Waals surface area (Å²) < 4.78 is 12.4. The minimum Gasteiger partial charge on any atom is -0.486 e. The van der Waals surface area contributed by atoms with Gasteiger partial charge in [-0.25, -0.2) is 4.98 Å². The van der Waals surface area contributed by atoms with Gasteiger partial charge in [0, 0.05) is 0 Å². The molecule has 0 saturated heterocycles. The van der Waals surface area contributed by atoms with Gasteiger partial charge in [-0.1, -0.05) is 18.2 Å². The van der Waals surface area contributed by atoms with E-state index in [2.05, 4.69) is 10.3 Å². The third-order valence-electron chi connectivity index (χ3n) is 4.49. The molecular formula is C20H19N3O4. The van der Waals surface area contributed by atoms with E-state index in [9.17, 15) is 9.59 Å². The smallest absolute Gasteiger partial charge is 0.261 e. The summed E-state index contributed by atoms with van der Waals surface area (Å²) in [5.74, 6) is 1.11. The first-order valence-corrected chi connectivity index (χ1v) is 8.75. The van der Waals surface area contributed by atoms with Crippen LogP contribution < -0.4 is 20.3 Å². The number of aromatic nitrogens is 2. The van der Waals surface area contributed by atoms with Crippen LogP contribution in [0.25, 0.3) is 10.9 Å². The number of carbonyl (C=O) groups excluding carboxylic acids is 1. The van der Waals surface area contributed by atoms with Gasteiger partial charge in [0.05, 0.1) is 23.3 Å². The van der Waals surface area contributed by atoms with Crippen LogP contribution in [-0.2, 0) is 11.3 Å². The molecular weight excluding hydrogens is 346 g/mol. The molecule has 1 amide bonds. The minimum atomic E-state index is -0.267. The van der Waals surface area contributed by atoms with Crippen molar-refractivity contribution in [2.45, 2.75) is 19.5 Å². The fourth-order valence-corrected chi connectivity index (χ4v) is 3.07. The van der Waals surface area contributed by atoms with Crippen molar-refractivity contribution >= 4 is 16.8 Å². The average molecular weight is 365 g/mol. The molecule has 2 aromatic carbocycles. The molecule has 4 rings (SSSR count). The zero-order chi connectivity index (χ0) is 18.8. The molecule has 0 fully saturated rings. The Morgan fingerprint density at radius 1 is 1.19 bits per heavy atom. The number of nitrogens with one attached hydrogen (secondary N) is 1. The first kappa shape index (κ1) is 17.1. The molecule has 0 saturated carbocycles. The maximum absolute atomic E-state index is 12.5. The fourth-order valence-electron chi connectivity index (χ4n) is 3.07. The van der Waals surface area contributed by atoms with Crippen LogP contribution >= 0.6 is 0 Å². The van der Waals surface area contributed by atoms with Crippen LogP contribution in [0.15, 0.2) is 53.6 Å². The molecule has 7 heteroatoms. The van der Waals surface area contributed by atoms with Gasteiger partial charge in [-0.3, -0.25) is 14.2 Å². The van der Waals surface area contributed by atoms with Crippen molar-refractivity contribution < 1.29 is 14.3 Å². The molecule has 2 heterocycles. The Morgan fingerprint density at radius 2 is 1.96 bits per heavy atom. The zero-order valence-electron chi connectivity index (χ0n) is 14.8. The lowest BCUT2D eigenvalue weighted by Gasteiger charge is -2.21. The van der Waals surface area contributed by atoms with E-state index in [4.69, 9.17) is 9.47 Å². The van der Waals surface area contributed by atoms with Crippen LogP contribution in [0.3, 0.4) is 0 Å². The average Bonchev–Trinajstić information content (AvgIpc) is 2.70. The van der Waals surface area contributed by atoms with Crippen LogP contribution in [-0.4, -0.2) is 28.7 Å². The Hall–Kier alpha value is -3.35. The maximum atomic E-state index is 12.5. The third kappa shape index (κ3) is 3.48. The molecule has 1 aliphatic rings. The molecule has 1 aliphatic heterocycles. The summed E-state index contributed by atoms with van der Waals surface area (Å²) in [5, 5.41) is 3.40. The van der Waals surface area contributed by atoms with Gasteiger partial charge in [0.25, 0.3) is 5.56 Å². The summed E-state index contributed by atoms with van der Waals surface area (Å²) in [4.78, 5) is 29.1. The molecule has 138 valence electrons. The lowest BCUT2D eigenvalue weighted by molar-refractivity contribution is -0.122. The highest BCUT2D eigenvalue weighted by Crippen LogP contribution is 2.32. The Balaban J connectivity index is 1.48. The monoisotopic (exact) mass is 365 g/mol. The van der Waals surface area contributed by atoms with Crippen molar-refractivity contribution in [2.75, 3.05) is 13.2 Å². The van der Waals surface area contributed by atoms with Crippen molar-refractivity contribution in [1.29, 1.82) is 0 Å². The number of rotatable bonds is 4. The predicted octanol–water partition coefficient (Wildman–Crippen LogP) is 2.05. The van der Waals surface area contributed by atoms with Gasteiger partial charge >= 0.3 is 0 Å². The molecule has 7 nitrogen and oxygen atoms in total. The lowest BCUT2D eigenvalue weighted by atomic mass is 10.1. The topological polar surface area (TPSA) is 82.5 Å². The van der Waals surface area contributed by atoms with Crippen LogP contribution in [0.2, 0.25) is 0 Å². The van der Waals surface area contributed by atoms with E-state index in [1.807, 2.05) is 31.2 Å². The van der Waals surface area contributed by atoms with E-state index in [0.29, 0.717) is 35.6 Å². The van der Waals surface area contributed by atoms with Gasteiger partial charge in [0.2, 0.25) is 5.91 Å². The molecule has 0 bridgehead atoms. The quantitative estimate of drug-likeness (QED) is 0.765. The first-order valence-electron chi connectivity index (χ1n) is 8.75. The normalized spacial score (nSPS) is 14.0. The second kappa shape index (κ2) is 7.11. The van der Waals surface area contributed by atoms with Crippen molar-refractivity contribution in [2.24, 2.45) is 0 Å². The molecule has 0 spiro atoms. The van der Waals surface area contributed by atoms with E-state index in [-0.39, 0.29) is 24.1 Å². The highest BCUT2D eigenvalue weighted by molar-refractivity contribution is 5.79. The number of nitrogens with zero attached hydrogens (tertiary/aromatic N) is 2. The molecule has 1 unspecified atom stereocenters. The second-order valence-electron chi connectivity index (χ2n) is 6.39. The van der Waals surface area contributed by atoms with E-state index in [1.54, 1.807) is 18.2 Å². The van der Waals surface area contributed by atoms with Crippen LogP contribution in [0.4, 0.5) is 0 Å². The summed E-state index contributed by atoms with van der Waals surface area (Å²) in [6, 6.07) is 12.4. The Morgan fingerprint density at radius 3 is 2.81 bits per heavy atom. The van der Waals surface area contributed by atoms with Gasteiger partial charge in [0.1, 0.15) is 19.8 Å². The van der Waals surface area contributed by atoms with Gasteiger partial charge in [-0.2, -0.15) is 0 Å². The van der Waals surface area contributed by atoms with Crippen molar-refractivity contribution in [3.8, 4) is 11.5 Å². The number of hydrogen-bond acceptors (Lipinski definition) is 5. The van der Waals surface area contributed by atoms with E-state index < -0.39 is 0 Å². The molecule has 1 atom stereocenters. The maximum Gasteiger partial charge on any atom is 0.261 e. The summed E-state index contributed by atoms with van der Waals surface area (Å²) in [6.45, 7) is 2.83. The largest absolute Gasteiger partial charge is 0.486 e. The Labute approximate surface area is 155 Å². The molecule has 1 aromatic heterocycles. The number of para-hydroxylation sites is 1. The van der Waals surface area contributed by atoms with Crippen molar-refractivity contribution in [1.82, 2.24) is 14.9 Å². The number of fused-ring (bicyclic) bond motifs is 2. The van der Waals surface area contributed by atoms with E-state index in [1.165, 1.54) is 10.9 Å². The lowest BCUT2D eigenvalue weighted by Crippen LogP contribution is -2.34. The number of hydrogen-bond donors (Lipinski definition) is 1. The summed E-state index contributed by atoms with van der Waals surface area (Å²) in [6.07, 6.45) is 1.40. The summed E-state index contributed by atoms with van der Waals surface area (Å²) in [5.41, 5.74) is 1.28. The fraction of sp³-hybridized carbons (Fsp3) is 0.250. The third-order valence-corrected chi connectivity index (χ3v) is 4.49. The molecule has 27 heavy (non-hydrogen) atoms. The van der Waals surface area contributed by atoms with Crippen LogP contribution in [0, 0.1) is 0 Å². The minimum absolute atomic E-state index is 0.0917. The molecule has 0 radical (unpaired) electrons. The summed E-state index contributed by atoms with van der Waals surface area (Å²) >= 11 is 0. The van der Waals surface area contributed by atoms with Gasteiger partial charge in [-0.15, -0.1) is 0 Å². The Kier molecular flexibility index (Phi) is 4.50. The SMILES string of the molecule is CC(NC(=O)Cn1cnc2ccccc2c1=O)c1ccc2c(c1)OCCO2. The van der Waals surface area contributed by atoms with Crippen LogP contribution in [0.5, 0.6) is 11.5 Å². The Bertz CT molecular complexity index is 1060. The second-order valence-corrected chi connectivity index (χ2v) is 6.39. The van der Waals surface area contributed by atoms with E-state index in [0.717, 1.165) is 5.56 Å². The highest BCUT2D eigenvalue weighted by atomic mass is 16.6. The molecule has 0 aliphatic carbocycles. The number of amides is 1. The summed E-state index contributed by atoms with van der Waals surface area (Å²) in [7, 11) is 0. The van der Waals surface area contributed by atoms with Crippen molar-refractivity contribution in [3.05, 3.63) is 64.7 Å². The predicted molar refractivity (Wildman–Crippen MR) is 100.0 cm³/mol. The highest BCUT2D eigenvalue weighted by Gasteiger charge is 2.16.